The molecule has 1 fully saturated rings. The maximum Gasteiger partial charge on any atom is 0.338 e. The number of benzene rings is 3. The average Bonchev–Trinajstić information content (AvgIpc) is 3.45. The smallest absolute Gasteiger partial charge is 0.338 e. The SMILES string of the molecule is CCOC(=O)c1ccc(N2C(=O)[C@@H]3[C@H](c4ccc(O)cc4)c4sc(=O)n(CC(=O)Nc5ccc(Cl)cc5)c4S[C@@H]3C2=O)cc1. The maximum absolute atomic E-state index is 14.0. The monoisotopic (exact) mass is 649 g/mol. The molecule has 3 heterocycles. The second kappa shape index (κ2) is 11.9. The fraction of sp³-hybridized carbons (Fsp3) is 0.194. The van der Waals surface area contributed by atoms with Crippen molar-refractivity contribution in [2.45, 2.75) is 29.7 Å². The first-order chi connectivity index (χ1) is 21.2. The number of carbonyl (C=O) groups is 4. The minimum Gasteiger partial charge on any atom is -0.508 e. The number of thiazole rings is 1. The first-order valence-corrected chi connectivity index (χ1v) is 15.6. The van der Waals surface area contributed by atoms with E-state index in [0.29, 0.717) is 31.9 Å². The molecule has 1 saturated heterocycles. The lowest BCUT2D eigenvalue weighted by Gasteiger charge is -2.30. The number of rotatable bonds is 7. The van der Waals surface area contributed by atoms with E-state index in [1.807, 2.05) is 0 Å². The lowest BCUT2D eigenvalue weighted by atomic mass is 9.83. The molecule has 0 spiro atoms. The van der Waals surface area contributed by atoms with Gasteiger partial charge >= 0.3 is 10.8 Å². The van der Waals surface area contributed by atoms with Crippen LogP contribution in [-0.4, -0.2) is 45.2 Å². The average molecular weight is 650 g/mol. The highest BCUT2D eigenvalue weighted by molar-refractivity contribution is 8.00. The van der Waals surface area contributed by atoms with E-state index in [4.69, 9.17) is 16.3 Å². The zero-order chi connectivity index (χ0) is 31.1. The second-order valence-electron chi connectivity index (χ2n) is 10.1. The largest absolute Gasteiger partial charge is 0.508 e. The van der Waals surface area contributed by atoms with Gasteiger partial charge in [0.2, 0.25) is 17.7 Å². The van der Waals surface area contributed by atoms with Gasteiger partial charge in [-0.2, -0.15) is 0 Å². The lowest BCUT2D eigenvalue weighted by molar-refractivity contribution is -0.122. The molecular weight excluding hydrogens is 626 g/mol. The van der Waals surface area contributed by atoms with Gasteiger partial charge in [-0.05, 0) is 73.2 Å². The number of esters is 1. The normalized spacial score (nSPS) is 19.0. The molecule has 6 rings (SSSR count). The summed E-state index contributed by atoms with van der Waals surface area (Å²) in [5.41, 5.74) is 1.73. The minimum absolute atomic E-state index is 0.0254. The van der Waals surface area contributed by atoms with Crippen LogP contribution in [0.25, 0.3) is 0 Å². The third-order valence-electron chi connectivity index (χ3n) is 7.37. The van der Waals surface area contributed by atoms with Gasteiger partial charge in [-0.25, -0.2) is 9.69 Å². The summed E-state index contributed by atoms with van der Waals surface area (Å²) in [7, 11) is 0. The molecule has 0 bridgehead atoms. The van der Waals surface area contributed by atoms with Gasteiger partial charge in [0.05, 0.1) is 28.8 Å². The number of fused-ring (bicyclic) bond motifs is 2. The van der Waals surface area contributed by atoms with E-state index in [1.165, 1.54) is 41.0 Å². The number of hydrogen-bond donors (Lipinski definition) is 2. The highest BCUT2D eigenvalue weighted by Gasteiger charge is 2.56. The number of hydrogen-bond acceptors (Lipinski definition) is 9. The molecule has 3 amide bonds. The van der Waals surface area contributed by atoms with Crippen LogP contribution in [0, 0.1) is 5.92 Å². The van der Waals surface area contributed by atoms with E-state index in [2.05, 4.69) is 5.32 Å². The Hall–Kier alpha value is -4.39. The highest BCUT2D eigenvalue weighted by Crippen LogP contribution is 2.54. The molecule has 4 aromatic rings. The molecular formula is C31H24ClN3O7S2. The lowest BCUT2D eigenvalue weighted by Crippen LogP contribution is -2.33. The molecule has 0 saturated carbocycles. The van der Waals surface area contributed by atoms with Crippen molar-refractivity contribution in [3.63, 3.8) is 0 Å². The highest BCUT2D eigenvalue weighted by atomic mass is 35.5. The Labute approximate surface area is 264 Å². The van der Waals surface area contributed by atoms with Crippen LogP contribution in [0.15, 0.2) is 82.6 Å². The Morgan fingerprint density at radius 2 is 1.64 bits per heavy atom. The molecule has 13 heteroatoms. The van der Waals surface area contributed by atoms with E-state index < -0.39 is 45.6 Å². The van der Waals surface area contributed by atoms with Crippen molar-refractivity contribution in [1.29, 1.82) is 0 Å². The molecule has 3 atom stereocenters. The summed E-state index contributed by atoms with van der Waals surface area (Å²) in [4.78, 5) is 67.6. The van der Waals surface area contributed by atoms with E-state index in [9.17, 15) is 29.1 Å². The fourth-order valence-electron chi connectivity index (χ4n) is 5.39. The van der Waals surface area contributed by atoms with Gasteiger partial charge in [-0.1, -0.05) is 46.8 Å². The van der Waals surface area contributed by atoms with Crippen LogP contribution in [0.5, 0.6) is 5.75 Å². The van der Waals surface area contributed by atoms with Crippen molar-refractivity contribution in [3.05, 3.63) is 103 Å². The third kappa shape index (κ3) is 5.40. The van der Waals surface area contributed by atoms with Crippen LogP contribution in [0.1, 0.15) is 33.6 Å². The molecule has 0 aliphatic carbocycles. The number of phenolic OH excluding ortho intramolecular Hbond substituents is 1. The minimum atomic E-state index is -0.891. The molecule has 3 aromatic carbocycles. The number of anilines is 2. The third-order valence-corrected chi connectivity index (χ3v) is 10.2. The summed E-state index contributed by atoms with van der Waals surface area (Å²) < 4.78 is 6.36. The number of ether oxygens (including phenoxy) is 1. The van der Waals surface area contributed by atoms with Crippen LogP contribution in [0.2, 0.25) is 5.02 Å². The van der Waals surface area contributed by atoms with Crippen LogP contribution >= 0.6 is 34.7 Å². The summed E-state index contributed by atoms with van der Waals surface area (Å²) in [6.45, 7) is 1.60. The van der Waals surface area contributed by atoms with Crippen LogP contribution in [-0.2, 0) is 25.7 Å². The van der Waals surface area contributed by atoms with Gasteiger partial charge in [-0.3, -0.25) is 23.7 Å². The van der Waals surface area contributed by atoms with Crippen LogP contribution < -0.4 is 15.1 Å². The first kappa shape index (κ1) is 29.7. The number of aromatic nitrogens is 1. The molecule has 0 unspecified atom stereocenters. The molecule has 44 heavy (non-hydrogen) atoms. The quantitative estimate of drug-likeness (QED) is 0.214. The number of carbonyl (C=O) groups excluding carboxylic acids is 4. The number of imide groups is 1. The van der Waals surface area contributed by atoms with E-state index in [0.717, 1.165) is 28.0 Å². The molecule has 2 aliphatic rings. The standard InChI is InChI=1S/C31H24ClN3O7S2/c1-2-42-30(40)17-3-11-20(12-4-17)35-27(38)24-23(16-5-13-21(36)14-6-16)26-29(43-25(24)28(35)39)34(31(41)44-26)15-22(37)33-19-9-7-18(32)8-10-19/h3-14,23-25,36H,2,15H2,1H3,(H,33,37)/t23-,24+,25-/m0/s1. The van der Waals surface area contributed by atoms with Gasteiger partial charge in [0.25, 0.3) is 0 Å². The Morgan fingerprint density at radius 3 is 2.30 bits per heavy atom. The fourth-order valence-corrected chi connectivity index (χ4v) is 8.29. The molecule has 1 aromatic heterocycles. The molecule has 0 radical (unpaired) electrons. The van der Waals surface area contributed by atoms with Gasteiger partial charge in [0.15, 0.2) is 0 Å². The Morgan fingerprint density at radius 1 is 0.955 bits per heavy atom. The summed E-state index contributed by atoms with van der Waals surface area (Å²) in [6.07, 6.45) is 0. The van der Waals surface area contributed by atoms with Crippen molar-refractivity contribution >= 4 is 69.8 Å². The van der Waals surface area contributed by atoms with E-state index in [-0.39, 0.29) is 24.5 Å². The Kier molecular flexibility index (Phi) is 8.06. The summed E-state index contributed by atoms with van der Waals surface area (Å²) in [5.74, 6) is -3.41. The van der Waals surface area contributed by atoms with Crippen LogP contribution in [0.3, 0.4) is 0 Å². The van der Waals surface area contributed by atoms with Crippen molar-refractivity contribution in [1.82, 2.24) is 4.57 Å². The number of halogens is 1. The number of nitrogens with one attached hydrogen (secondary N) is 1. The van der Waals surface area contributed by atoms with Crippen LogP contribution in [0.4, 0.5) is 11.4 Å². The number of amides is 3. The van der Waals surface area contributed by atoms with E-state index in [1.54, 1.807) is 43.3 Å². The number of aromatic hydroxyl groups is 1. The summed E-state index contributed by atoms with van der Waals surface area (Å²) in [5, 5.41) is 12.7. The van der Waals surface area contributed by atoms with E-state index >= 15 is 0 Å². The maximum atomic E-state index is 14.0. The van der Waals surface area contributed by atoms with Gasteiger partial charge in [0.1, 0.15) is 17.5 Å². The van der Waals surface area contributed by atoms with Gasteiger partial charge < -0.3 is 15.2 Å². The number of nitrogens with zero attached hydrogens (tertiary/aromatic N) is 2. The topological polar surface area (TPSA) is 135 Å². The van der Waals surface area contributed by atoms with Crippen molar-refractivity contribution in [3.8, 4) is 5.75 Å². The van der Waals surface area contributed by atoms with Crippen molar-refractivity contribution in [2.75, 3.05) is 16.8 Å². The predicted octanol–water partition coefficient (Wildman–Crippen LogP) is 4.88. The molecule has 224 valence electrons. The zero-order valence-electron chi connectivity index (χ0n) is 23.1. The first-order valence-electron chi connectivity index (χ1n) is 13.6. The Balaban J connectivity index is 1.36. The van der Waals surface area contributed by atoms with Crippen molar-refractivity contribution < 1.29 is 29.0 Å². The number of thioether (sulfide) groups is 1. The summed E-state index contributed by atoms with van der Waals surface area (Å²) >= 11 is 7.95. The number of phenols is 1. The second-order valence-corrected chi connectivity index (χ2v) is 12.7. The van der Waals surface area contributed by atoms with Gasteiger partial charge in [-0.15, -0.1) is 0 Å². The molecule has 2 N–H and O–H groups in total. The summed E-state index contributed by atoms with van der Waals surface area (Å²) in [6, 6.07) is 18.9. The van der Waals surface area contributed by atoms with Gasteiger partial charge in [0, 0.05) is 21.5 Å². The zero-order valence-corrected chi connectivity index (χ0v) is 25.4. The van der Waals surface area contributed by atoms with Crippen molar-refractivity contribution in [2.24, 2.45) is 5.92 Å². The Bertz CT molecular complexity index is 1840. The molecule has 10 nitrogen and oxygen atoms in total. The molecule has 2 aliphatic heterocycles. The predicted molar refractivity (Wildman–Crippen MR) is 167 cm³/mol.